The van der Waals surface area contributed by atoms with E-state index in [4.69, 9.17) is 0 Å². The number of carbonyl (C=O) groups is 2. The molecule has 2 heterocycles. The van der Waals surface area contributed by atoms with E-state index in [1.165, 1.54) is 10.5 Å². The first kappa shape index (κ1) is 23.2. The second-order valence-corrected chi connectivity index (χ2v) is 9.45. The normalized spacial score (nSPS) is 17.9. The van der Waals surface area contributed by atoms with Gasteiger partial charge in [-0.15, -0.1) is 0 Å². The van der Waals surface area contributed by atoms with Gasteiger partial charge in [0.1, 0.15) is 5.70 Å². The third-order valence-corrected chi connectivity index (χ3v) is 7.00. The number of likely N-dealkylation sites (N-methyl/N-ethyl adjacent to an activating group) is 1. The van der Waals surface area contributed by atoms with Gasteiger partial charge in [-0.3, -0.25) is 9.59 Å². The van der Waals surface area contributed by atoms with Crippen molar-refractivity contribution in [3.05, 3.63) is 70.9 Å². The molecule has 0 aliphatic carbocycles. The van der Waals surface area contributed by atoms with Crippen molar-refractivity contribution in [2.45, 2.75) is 52.0 Å². The first-order valence-corrected chi connectivity index (χ1v) is 12.1. The molecule has 0 radical (unpaired) electrons. The molecule has 5 heteroatoms. The highest BCUT2D eigenvalue weighted by molar-refractivity contribution is 6.45. The zero-order valence-corrected chi connectivity index (χ0v) is 20.3. The molecule has 174 valence electrons. The zero-order chi connectivity index (χ0) is 23.5. The van der Waals surface area contributed by atoms with Crippen molar-refractivity contribution in [2.24, 2.45) is 0 Å². The van der Waals surface area contributed by atoms with Crippen LogP contribution in [0.25, 0.3) is 5.57 Å². The molecule has 0 saturated carbocycles. The maximum absolute atomic E-state index is 13.8. The van der Waals surface area contributed by atoms with Gasteiger partial charge in [-0.2, -0.15) is 0 Å². The lowest BCUT2D eigenvalue weighted by Crippen LogP contribution is -2.43. The summed E-state index contributed by atoms with van der Waals surface area (Å²) < 4.78 is 0. The van der Waals surface area contributed by atoms with Crippen LogP contribution < -0.4 is 4.90 Å². The van der Waals surface area contributed by atoms with E-state index in [9.17, 15) is 9.59 Å². The first-order chi connectivity index (χ1) is 15.9. The van der Waals surface area contributed by atoms with Crippen LogP contribution in [0.1, 0.15) is 49.3 Å². The number of unbranched alkanes of at least 4 members (excludes halogenated alkanes) is 1. The number of anilines is 1. The van der Waals surface area contributed by atoms with E-state index in [-0.39, 0.29) is 17.9 Å². The number of nitrogens with zero attached hydrogens (tertiary/aromatic N) is 3. The Hall–Kier alpha value is -2.92. The number of hydrogen-bond acceptors (Lipinski definition) is 4. The molecule has 2 aliphatic heterocycles. The maximum Gasteiger partial charge on any atom is 0.282 e. The predicted molar refractivity (Wildman–Crippen MR) is 134 cm³/mol. The molecule has 4 rings (SSSR count). The van der Waals surface area contributed by atoms with E-state index in [1.807, 2.05) is 62.5 Å². The lowest BCUT2D eigenvalue weighted by molar-refractivity contribution is -0.120. The van der Waals surface area contributed by atoms with Crippen LogP contribution in [-0.4, -0.2) is 54.8 Å². The van der Waals surface area contributed by atoms with E-state index in [0.717, 1.165) is 56.3 Å². The molecule has 2 amide bonds. The van der Waals surface area contributed by atoms with Gasteiger partial charge in [0.15, 0.2) is 0 Å². The van der Waals surface area contributed by atoms with Crippen LogP contribution in [0.15, 0.2) is 54.2 Å². The van der Waals surface area contributed by atoms with Crippen molar-refractivity contribution >= 4 is 23.1 Å². The van der Waals surface area contributed by atoms with Crippen molar-refractivity contribution in [1.82, 2.24) is 9.80 Å². The van der Waals surface area contributed by atoms with Crippen molar-refractivity contribution in [1.29, 1.82) is 0 Å². The fraction of sp³-hybridized carbons (Fsp3) is 0.429. The van der Waals surface area contributed by atoms with Crippen molar-refractivity contribution in [2.75, 3.05) is 32.1 Å². The summed E-state index contributed by atoms with van der Waals surface area (Å²) in [5, 5.41) is 0. The summed E-state index contributed by atoms with van der Waals surface area (Å²) in [7, 11) is 4.10. The van der Waals surface area contributed by atoms with Gasteiger partial charge in [0.25, 0.3) is 11.8 Å². The van der Waals surface area contributed by atoms with Gasteiger partial charge in [0, 0.05) is 13.1 Å². The summed E-state index contributed by atoms with van der Waals surface area (Å²) in [6.07, 6.45) is 5.24. The number of hydrogen-bond donors (Lipinski definition) is 0. The lowest BCUT2D eigenvalue weighted by Gasteiger charge is -2.36. The van der Waals surface area contributed by atoms with Crippen LogP contribution in [0, 0.1) is 6.92 Å². The third-order valence-electron chi connectivity index (χ3n) is 7.00. The minimum absolute atomic E-state index is 0.224. The van der Waals surface area contributed by atoms with Crippen LogP contribution in [0.5, 0.6) is 0 Å². The minimum Gasteiger partial charge on any atom is -0.366 e. The molecule has 0 aromatic heterocycles. The highest BCUT2D eigenvalue weighted by atomic mass is 16.2. The van der Waals surface area contributed by atoms with E-state index in [1.54, 1.807) is 0 Å². The molecule has 2 aliphatic rings. The van der Waals surface area contributed by atoms with Gasteiger partial charge in [0.2, 0.25) is 0 Å². The van der Waals surface area contributed by atoms with Crippen molar-refractivity contribution in [3.8, 4) is 0 Å². The molecule has 1 fully saturated rings. The SMILES string of the molecule is CCCCc1ccc(N2C(=O)C(c3ccc(C)cc3)=C(N(C)C3CCN(C)CC3)C2=O)cc1. The van der Waals surface area contributed by atoms with Gasteiger partial charge in [0.05, 0.1) is 11.3 Å². The molecule has 0 atom stereocenters. The van der Waals surface area contributed by atoms with E-state index in [0.29, 0.717) is 17.0 Å². The second-order valence-electron chi connectivity index (χ2n) is 9.45. The molecule has 0 unspecified atom stereocenters. The summed E-state index contributed by atoms with van der Waals surface area (Å²) in [5.74, 6) is -0.460. The number of benzene rings is 2. The molecule has 5 nitrogen and oxygen atoms in total. The van der Waals surface area contributed by atoms with Crippen LogP contribution in [0.2, 0.25) is 0 Å². The standard InChI is InChI=1S/C28H35N3O2/c1-5-6-7-21-10-14-24(15-11-21)31-27(32)25(22-12-8-20(2)9-13-22)26(28(31)33)30(4)23-16-18-29(3)19-17-23/h8-15,23H,5-7,16-19H2,1-4H3. The van der Waals surface area contributed by atoms with E-state index < -0.39 is 0 Å². The summed E-state index contributed by atoms with van der Waals surface area (Å²) in [4.78, 5) is 33.2. The number of imide groups is 1. The summed E-state index contributed by atoms with van der Waals surface area (Å²) in [6, 6.07) is 16.0. The van der Waals surface area contributed by atoms with Crippen molar-refractivity contribution < 1.29 is 9.59 Å². The Morgan fingerprint density at radius 2 is 1.58 bits per heavy atom. The Morgan fingerprint density at radius 1 is 0.939 bits per heavy atom. The number of amides is 2. The molecule has 33 heavy (non-hydrogen) atoms. The Bertz CT molecular complexity index is 1030. The number of piperidine rings is 1. The Balaban J connectivity index is 1.70. The topological polar surface area (TPSA) is 43.9 Å². The van der Waals surface area contributed by atoms with Gasteiger partial charge in [-0.25, -0.2) is 4.90 Å². The number of rotatable bonds is 7. The molecule has 2 aromatic rings. The Labute approximate surface area is 197 Å². The molecular formula is C28H35N3O2. The smallest absolute Gasteiger partial charge is 0.282 e. The number of carbonyl (C=O) groups excluding carboxylic acids is 2. The quantitative estimate of drug-likeness (QED) is 0.582. The Morgan fingerprint density at radius 3 is 2.18 bits per heavy atom. The van der Waals surface area contributed by atoms with E-state index in [2.05, 4.69) is 23.8 Å². The first-order valence-electron chi connectivity index (χ1n) is 12.1. The average Bonchev–Trinajstić information content (AvgIpc) is 3.08. The predicted octanol–water partition coefficient (Wildman–Crippen LogP) is 4.65. The molecule has 0 N–H and O–H groups in total. The lowest BCUT2D eigenvalue weighted by atomic mass is 9.99. The average molecular weight is 446 g/mol. The fourth-order valence-corrected chi connectivity index (χ4v) is 4.82. The van der Waals surface area contributed by atoms with Crippen LogP contribution >= 0.6 is 0 Å². The summed E-state index contributed by atoms with van der Waals surface area (Å²) in [6.45, 7) is 6.19. The Kier molecular flexibility index (Phi) is 6.99. The maximum atomic E-state index is 13.8. The summed E-state index contributed by atoms with van der Waals surface area (Å²) >= 11 is 0. The fourth-order valence-electron chi connectivity index (χ4n) is 4.82. The van der Waals surface area contributed by atoms with Crippen molar-refractivity contribution in [3.63, 3.8) is 0 Å². The third kappa shape index (κ3) is 4.74. The molecule has 2 aromatic carbocycles. The zero-order valence-electron chi connectivity index (χ0n) is 20.3. The van der Waals surface area contributed by atoms with Crippen LogP contribution in [0.3, 0.4) is 0 Å². The molecule has 0 spiro atoms. The highest BCUT2D eigenvalue weighted by Crippen LogP contribution is 2.36. The summed E-state index contributed by atoms with van der Waals surface area (Å²) in [5.41, 5.74) is 4.83. The van der Waals surface area contributed by atoms with E-state index >= 15 is 0 Å². The van der Waals surface area contributed by atoms with Gasteiger partial charge in [-0.1, -0.05) is 55.3 Å². The number of aryl methyl sites for hydroxylation is 2. The minimum atomic E-state index is -0.236. The number of likely N-dealkylation sites (tertiary alicyclic amines) is 1. The molecule has 0 bridgehead atoms. The van der Waals surface area contributed by atoms with Crippen LogP contribution in [-0.2, 0) is 16.0 Å². The largest absolute Gasteiger partial charge is 0.366 e. The van der Waals surface area contributed by atoms with Gasteiger partial charge in [-0.05, 0) is 76.0 Å². The van der Waals surface area contributed by atoms with Gasteiger partial charge < -0.3 is 9.80 Å². The monoisotopic (exact) mass is 445 g/mol. The van der Waals surface area contributed by atoms with Crippen LogP contribution in [0.4, 0.5) is 5.69 Å². The molecule has 1 saturated heterocycles. The molecular weight excluding hydrogens is 410 g/mol. The highest BCUT2D eigenvalue weighted by Gasteiger charge is 2.43. The van der Waals surface area contributed by atoms with Gasteiger partial charge >= 0.3 is 0 Å². The second kappa shape index (κ2) is 9.92.